The van der Waals surface area contributed by atoms with Gasteiger partial charge in [0.15, 0.2) is 0 Å². The van der Waals surface area contributed by atoms with Gasteiger partial charge in [0.05, 0.1) is 17.7 Å². The predicted molar refractivity (Wildman–Crippen MR) is 106 cm³/mol. The van der Waals surface area contributed by atoms with Crippen molar-refractivity contribution in [1.82, 2.24) is 19.9 Å². The largest absolute Gasteiger partial charge is 0.365 e. The Morgan fingerprint density at radius 1 is 0.962 bits per heavy atom. The van der Waals surface area contributed by atoms with Gasteiger partial charge in [0.1, 0.15) is 11.6 Å². The Morgan fingerprint density at radius 3 is 2.62 bits per heavy atom. The number of aromatic nitrogens is 3. The molecule has 6 nitrogen and oxygen atoms in total. The first-order chi connectivity index (χ1) is 12.7. The fourth-order valence-electron chi connectivity index (χ4n) is 3.37. The van der Waals surface area contributed by atoms with Gasteiger partial charge in [-0.05, 0) is 25.2 Å². The van der Waals surface area contributed by atoms with Crippen LogP contribution in [0.2, 0.25) is 0 Å². The van der Waals surface area contributed by atoms with Crippen LogP contribution in [0.4, 0.5) is 11.5 Å². The molecule has 0 radical (unpaired) electrons. The molecule has 4 rings (SSSR count). The number of rotatable bonds is 4. The van der Waals surface area contributed by atoms with Gasteiger partial charge < -0.3 is 14.7 Å². The molecule has 0 saturated carbocycles. The smallest absolute Gasteiger partial charge is 0.149 e. The van der Waals surface area contributed by atoms with E-state index in [0.717, 1.165) is 54.4 Å². The van der Waals surface area contributed by atoms with Crippen LogP contribution in [0.1, 0.15) is 5.82 Å². The molecular weight excluding hydrogens is 324 g/mol. The number of para-hydroxylation sites is 1. The Balaban J connectivity index is 1.54. The number of pyridine rings is 1. The van der Waals surface area contributed by atoms with Crippen molar-refractivity contribution < 1.29 is 0 Å². The molecule has 0 amide bonds. The topological polar surface area (TPSA) is 48.4 Å². The van der Waals surface area contributed by atoms with E-state index in [2.05, 4.69) is 63.0 Å². The molecule has 26 heavy (non-hydrogen) atoms. The summed E-state index contributed by atoms with van der Waals surface area (Å²) in [5, 5.41) is 1.14. The molecule has 0 spiro atoms. The highest BCUT2D eigenvalue weighted by Gasteiger charge is 2.16. The third kappa shape index (κ3) is 3.46. The van der Waals surface area contributed by atoms with Gasteiger partial charge in [-0.1, -0.05) is 18.2 Å². The molecule has 134 valence electrons. The molecule has 1 fully saturated rings. The molecule has 0 N–H and O–H groups in total. The van der Waals surface area contributed by atoms with Crippen molar-refractivity contribution in [3.8, 4) is 0 Å². The van der Waals surface area contributed by atoms with E-state index in [1.54, 1.807) is 0 Å². The summed E-state index contributed by atoms with van der Waals surface area (Å²) in [4.78, 5) is 20.7. The number of likely N-dealkylation sites (N-methyl/N-ethyl adjacent to an activating group) is 1. The lowest BCUT2D eigenvalue weighted by molar-refractivity contribution is 0.312. The summed E-state index contributed by atoms with van der Waals surface area (Å²) in [6.07, 6.45) is 3.70. The second-order valence-electron chi connectivity index (χ2n) is 6.83. The zero-order valence-corrected chi connectivity index (χ0v) is 15.3. The molecular formula is C20H24N6. The zero-order chi connectivity index (χ0) is 17.9. The van der Waals surface area contributed by atoms with E-state index in [1.807, 2.05) is 24.5 Å². The van der Waals surface area contributed by atoms with Crippen LogP contribution in [-0.4, -0.2) is 60.1 Å². The van der Waals surface area contributed by atoms with E-state index in [-0.39, 0.29) is 0 Å². The lowest BCUT2D eigenvalue weighted by Crippen LogP contribution is -2.44. The lowest BCUT2D eigenvalue weighted by Gasteiger charge is -2.33. The molecule has 3 heterocycles. The third-order valence-electron chi connectivity index (χ3n) is 4.92. The van der Waals surface area contributed by atoms with Crippen molar-refractivity contribution in [2.24, 2.45) is 0 Å². The highest BCUT2D eigenvalue weighted by atomic mass is 15.3. The summed E-state index contributed by atoms with van der Waals surface area (Å²) < 4.78 is 0. The maximum absolute atomic E-state index is 4.80. The van der Waals surface area contributed by atoms with Gasteiger partial charge >= 0.3 is 0 Å². The minimum absolute atomic E-state index is 0.650. The van der Waals surface area contributed by atoms with Crippen molar-refractivity contribution >= 4 is 22.4 Å². The Kier molecular flexibility index (Phi) is 4.67. The summed E-state index contributed by atoms with van der Waals surface area (Å²) in [6, 6.07) is 12.3. The fraction of sp³-hybridized carbons (Fsp3) is 0.350. The fourth-order valence-corrected chi connectivity index (χ4v) is 3.37. The molecule has 1 aliphatic rings. The molecule has 0 bridgehead atoms. The normalized spacial score (nSPS) is 15.4. The van der Waals surface area contributed by atoms with Gasteiger partial charge in [0.2, 0.25) is 0 Å². The quantitative estimate of drug-likeness (QED) is 0.722. The van der Waals surface area contributed by atoms with Crippen LogP contribution < -0.4 is 9.80 Å². The Morgan fingerprint density at radius 2 is 1.77 bits per heavy atom. The van der Waals surface area contributed by atoms with Gasteiger partial charge in [-0.2, -0.15) is 0 Å². The molecule has 1 aromatic carbocycles. The average molecular weight is 348 g/mol. The van der Waals surface area contributed by atoms with Gasteiger partial charge in [-0.25, -0.2) is 9.97 Å². The Hall–Kier alpha value is -2.73. The summed E-state index contributed by atoms with van der Waals surface area (Å²) in [5.41, 5.74) is 2.10. The van der Waals surface area contributed by atoms with Crippen molar-refractivity contribution in [2.75, 3.05) is 50.1 Å². The lowest BCUT2D eigenvalue weighted by atomic mass is 10.2. The molecule has 1 aliphatic heterocycles. The maximum atomic E-state index is 4.80. The zero-order valence-electron chi connectivity index (χ0n) is 15.3. The first kappa shape index (κ1) is 16.7. The van der Waals surface area contributed by atoms with Crippen molar-refractivity contribution in [3.05, 3.63) is 54.6 Å². The minimum Gasteiger partial charge on any atom is -0.365 e. The van der Waals surface area contributed by atoms with Crippen LogP contribution in [0.15, 0.2) is 48.8 Å². The van der Waals surface area contributed by atoms with Crippen molar-refractivity contribution in [2.45, 2.75) is 6.54 Å². The van der Waals surface area contributed by atoms with Gasteiger partial charge in [0, 0.05) is 51.0 Å². The second kappa shape index (κ2) is 7.25. The molecule has 0 unspecified atom stereocenters. The summed E-state index contributed by atoms with van der Waals surface area (Å²) in [6.45, 7) is 4.81. The van der Waals surface area contributed by atoms with E-state index in [1.165, 1.54) is 0 Å². The minimum atomic E-state index is 0.650. The third-order valence-corrected chi connectivity index (χ3v) is 4.92. The molecule has 6 heteroatoms. The van der Waals surface area contributed by atoms with E-state index in [0.29, 0.717) is 6.54 Å². The molecule has 2 aromatic heterocycles. The summed E-state index contributed by atoms with van der Waals surface area (Å²) in [7, 11) is 4.23. The Bertz CT molecular complexity index is 883. The highest BCUT2D eigenvalue weighted by Crippen LogP contribution is 2.24. The van der Waals surface area contributed by atoms with Gasteiger partial charge in [-0.3, -0.25) is 4.98 Å². The average Bonchev–Trinajstić information content (AvgIpc) is 2.68. The SMILES string of the molecule is CN1CCN(c2ccnc(CN(C)c3cccc4cccnc34)n2)CC1. The summed E-state index contributed by atoms with van der Waals surface area (Å²) in [5.74, 6) is 1.85. The van der Waals surface area contributed by atoms with Gasteiger partial charge in [-0.15, -0.1) is 0 Å². The van der Waals surface area contributed by atoms with Crippen molar-refractivity contribution in [1.29, 1.82) is 0 Å². The number of hydrogen-bond donors (Lipinski definition) is 0. The number of fused-ring (bicyclic) bond motifs is 1. The molecule has 1 saturated heterocycles. The molecule has 0 aliphatic carbocycles. The number of benzene rings is 1. The van der Waals surface area contributed by atoms with Crippen LogP contribution in [0.5, 0.6) is 0 Å². The number of hydrogen-bond acceptors (Lipinski definition) is 6. The van der Waals surface area contributed by atoms with E-state index in [9.17, 15) is 0 Å². The van der Waals surface area contributed by atoms with Gasteiger partial charge in [0.25, 0.3) is 0 Å². The predicted octanol–water partition coefficient (Wildman–Crippen LogP) is 2.41. The number of piperazine rings is 1. The number of anilines is 2. The second-order valence-corrected chi connectivity index (χ2v) is 6.83. The van der Waals surface area contributed by atoms with E-state index >= 15 is 0 Å². The van der Waals surface area contributed by atoms with E-state index < -0.39 is 0 Å². The van der Waals surface area contributed by atoms with Crippen LogP contribution >= 0.6 is 0 Å². The van der Waals surface area contributed by atoms with Crippen LogP contribution in [0.25, 0.3) is 10.9 Å². The standard InChI is InChI=1S/C20H24N6/c1-24-11-13-26(14-12-24)19-8-10-21-18(23-19)15-25(2)17-7-3-5-16-6-4-9-22-20(16)17/h3-10H,11-15H2,1-2H3. The number of nitrogens with zero attached hydrogens (tertiary/aromatic N) is 6. The Labute approximate surface area is 154 Å². The monoisotopic (exact) mass is 348 g/mol. The van der Waals surface area contributed by atoms with Crippen LogP contribution in [-0.2, 0) is 6.54 Å². The first-order valence-electron chi connectivity index (χ1n) is 9.01. The first-order valence-corrected chi connectivity index (χ1v) is 9.01. The maximum Gasteiger partial charge on any atom is 0.149 e. The van der Waals surface area contributed by atoms with Crippen LogP contribution in [0.3, 0.4) is 0 Å². The summed E-state index contributed by atoms with van der Waals surface area (Å²) >= 11 is 0. The molecule has 0 atom stereocenters. The van der Waals surface area contributed by atoms with Crippen LogP contribution in [0, 0.1) is 0 Å². The van der Waals surface area contributed by atoms with Crippen molar-refractivity contribution in [3.63, 3.8) is 0 Å². The molecule has 3 aromatic rings. The van der Waals surface area contributed by atoms with E-state index in [4.69, 9.17) is 4.98 Å². The highest BCUT2D eigenvalue weighted by molar-refractivity contribution is 5.90.